The van der Waals surface area contributed by atoms with Gasteiger partial charge in [0.05, 0.1) is 6.54 Å². The summed E-state index contributed by atoms with van der Waals surface area (Å²) in [4.78, 5) is 44.9. The molecule has 0 saturated carbocycles. The molecule has 3 rings (SSSR count). The van der Waals surface area contributed by atoms with Gasteiger partial charge in [0.15, 0.2) is 5.13 Å². The number of imide groups is 1. The molecule has 0 unspecified atom stereocenters. The first kappa shape index (κ1) is 17.6. The molecule has 2 aliphatic heterocycles. The standard InChI is InChI=1S/C15H22N6O3S/c1-3-15(2)12(23)21(13(24)17-15)18-11(22)10-19-5-7-20(8-6-19)14-16-4-9-25-14/h4,9H,3,5-8,10H2,1-2H3,(H,17,24)(H,18,22)/t15-/m0/s1. The molecule has 25 heavy (non-hydrogen) atoms. The van der Waals surface area contributed by atoms with Gasteiger partial charge in [-0.25, -0.2) is 9.78 Å². The van der Waals surface area contributed by atoms with E-state index in [9.17, 15) is 14.4 Å². The number of hydrogen-bond donors (Lipinski definition) is 2. The van der Waals surface area contributed by atoms with Gasteiger partial charge >= 0.3 is 6.03 Å². The van der Waals surface area contributed by atoms with Gasteiger partial charge in [0, 0.05) is 37.8 Å². The Hall–Kier alpha value is -2.20. The van der Waals surface area contributed by atoms with Crippen LogP contribution in [0.15, 0.2) is 11.6 Å². The van der Waals surface area contributed by atoms with Gasteiger partial charge < -0.3 is 10.2 Å². The Morgan fingerprint density at radius 3 is 2.64 bits per heavy atom. The Balaban J connectivity index is 1.49. The number of amides is 4. The molecule has 4 amide bonds. The van der Waals surface area contributed by atoms with Crippen LogP contribution < -0.4 is 15.6 Å². The quantitative estimate of drug-likeness (QED) is 0.713. The Kier molecular flexibility index (Phi) is 4.91. The molecule has 0 aliphatic carbocycles. The van der Waals surface area contributed by atoms with Gasteiger partial charge in [-0.2, -0.15) is 5.01 Å². The highest BCUT2D eigenvalue weighted by atomic mass is 32.1. The first-order valence-electron chi connectivity index (χ1n) is 8.26. The Morgan fingerprint density at radius 1 is 1.36 bits per heavy atom. The van der Waals surface area contributed by atoms with Crippen molar-refractivity contribution in [2.75, 3.05) is 37.6 Å². The molecular formula is C15H22N6O3S. The highest BCUT2D eigenvalue weighted by molar-refractivity contribution is 7.13. The van der Waals surface area contributed by atoms with Crippen molar-refractivity contribution in [2.45, 2.75) is 25.8 Å². The molecule has 2 saturated heterocycles. The van der Waals surface area contributed by atoms with Crippen molar-refractivity contribution >= 4 is 34.3 Å². The summed E-state index contributed by atoms with van der Waals surface area (Å²) in [6, 6.07) is -0.587. The van der Waals surface area contributed by atoms with Crippen LogP contribution in [0, 0.1) is 0 Å². The molecule has 1 aromatic rings. The summed E-state index contributed by atoms with van der Waals surface area (Å²) >= 11 is 1.60. The van der Waals surface area contributed by atoms with Crippen LogP contribution in [0.4, 0.5) is 9.93 Å². The van der Waals surface area contributed by atoms with Crippen molar-refractivity contribution in [1.29, 1.82) is 0 Å². The fraction of sp³-hybridized carbons (Fsp3) is 0.600. The van der Waals surface area contributed by atoms with Crippen LogP contribution in [0.25, 0.3) is 0 Å². The maximum atomic E-state index is 12.3. The van der Waals surface area contributed by atoms with Gasteiger partial charge in [-0.1, -0.05) is 6.92 Å². The van der Waals surface area contributed by atoms with E-state index in [1.807, 2.05) is 17.2 Å². The zero-order valence-corrected chi connectivity index (χ0v) is 15.1. The number of aromatic nitrogens is 1. The highest BCUT2D eigenvalue weighted by Crippen LogP contribution is 2.20. The predicted octanol–water partition coefficient (Wildman–Crippen LogP) is 0.0168. The zero-order valence-electron chi connectivity index (χ0n) is 14.3. The average Bonchev–Trinajstić information content (AvgIpc) is 3.20. The number of nitrogens with one attached hydrogen (secondary N) is 2. The van der Waals surface area contributed by atoms with E-state index in [4.69, 9.17) is 0 Å². The summed E-state index contributed by atoms with van der Waals surface area (Å²) in [5.74, 6) is -0.798. The van der Waals surface area contributed by atoms with Gasteiger partial charge in [-0.05, 0) is 13.3 Å². The molecule has 2 fully saturated rings. The van der Waals surface area contributed by atoms with Gasteiger partial charge in [-0.15, -0.1) is 11.3 Å². The average molecular weight is 366 g/mol. The van der Waals surface area contributed by atoms with E-state index in [1.54, 1.807) is 24.5 Å². The number of piperazine rings is 1. The minimum Gasteiger partial charge on any atom is -0.346 e. The van der Waals surface area contributed by atoms with Crippen molar-refractivity contribution in [3.05, 3.63) is 11.6 Å². The van der Waals surface area contributed by atoms with E-state index in [2.05, 4.69) is 20.6 Å². The summed E-state index contributed by atoms with van der Waals surface area (Å²) in [7, 11) is 0. The molecule has 9 nitrogen and oxygen atoms in total. The summed E-state index contributed by atoms with van der Waals surface area (Å²) in [6.07, 6.45) is 2.24. The number of urea groups is 1. The third-order valence-corrected chi connectivity index (χ3v) is 5.47. The molecule has 10 heteroatoms. The van der Waals surface area contributed by atoms with Crippen molar-refractivity contribution < 1.29 is 14.4 Å². The normalized spacial score (nSPS) is 24.6. The van der Waals surface area contributed by atoms with Crippen LogP contribution in [-0.4, -0.2) is 71.0 Å². The van der Waals surface area contributed by atoms with E-state index in [0.29, 0.717) is 6.42 Å². The van der Waals surface area contributed by atoms with Crippen LogP contribution in [0.2, 0.25) is 0 Å². The number of hydrogen-bond acceptors (Lipinski definition) is 7. The molecule has 0 spiro atoms. The van der Waals surface area contributed by atoms with Crippen molar-refractivity contribution in [2.24, 2.45) is 0 Å². The second kappa shape index (κ2) is 6.96. The SMILES string of the molecule is CC[C@]1(C)NC(=O)N(NC(=O)CN2CCN(c3nccs3)CC2)C1=O. The molecular weight excluding hydrogens is 344 g/mol. The Bertz CT molecular complexity index is 658. The maximum absolute atomic E-state index is 12.3. The number of hydrazine groups is 1. The molecule has 2 N–H and O–H groups in total. The fourth-order valence-electron chi connectivity index (χ4n) is 2.86. The van der Waals surface area contributed by atoms with Crippen LogP contribution in [0.3, 0.4) is 0 Å². The van der Waals surface area contributed by atoms with E-state index in [1.165, 1.54) is 0 Å². The smallest absolute Gasteiger partial charge is 0.344 e. The third-order valence-electron chi connectivity index (χ3n) is 4.63. The molecule has 1 aromatic heterocycles. The summed E-state index contributed by atoms with van der Waals surface area (Å²) in [6.45, 7) is 6.63. The van der Waals surface area contributed by atoms with E-state index in [0.717, 1.165) is 36.3 Å². The monoisotopic (exact) mass is 366 g/mol. The highest BCUT2D eigenvalue weighted by Gasteiger charge is 2.47. The van der Waals surface area contributed by atoms with E-state index in [-0.39, 0.29) is 12.5 Å². The second-order valence-electron chi connectivity index (χ2n) is 6.37. The first-order valence-corrected chi connectivity index (χ1v) is 9.14. The zero-order chi connectivity index (χ0) is 18.0. The van der Waals surface area contributed by atoms with Gasteiger partial charge in [-0.3, -0.25) is 19.9 Å². The number of carbonyl (C=O) groups excluding carboxylic acids is 3. The number of anilines is 1. The Labute approximate surface area is 149 Å². The third kappa shape index (κ3) is 3.59. The number of rotatable bonds is 5. The van der Waals surface area contributed by atoms with Crippen molar-refractivity contribution in [3.8, 4) is 0 Å². The lowest BCUT2D eigenvalue weighted by atomic mass is 10.00. The lowest BCUT2D eigenvalue weighted by Crippen LogP contribution is -2.54. The molecule has 136 valence electrons. The number of nitrogens with zero attached hydrogens (tertiary/aromatic N) is 4. The summed E-state index contributed by atoms with van der Waals surface area (Å²) < 4.78 is 0. The first-order chi connectivity index (χ1) is 11.9. The lowest BCUT2D eigenvalue weighted by Gasteiger charge is -2.34. The summed E-state index contributed by atoms with van der Waals surface area (Å²) in [5.41, 5.74) is 1.47. The summed E-state index contributed by atoms with van der Waals surface area (Å²) in [5, 5.41) is 6.33. The van der Waals surface area contributed by atoms with E-state index < -0.39 is 17.5 Å². The van der Waals surface area contributed by atoms with Crippen LogP contribution >= 0.6 is 11.3 Å². The molecule has 1 atom stereocenters. The largest absolute Gasteiger partial charge is 0.346 e. The van der Waals surface area contributed by atoms with Crippen LogP contribution in [0.5, 0.6) is 0 Å². The van der Waals surface area contributed by atoms with Gasteiger partial charge in [0.2, 0.25) is 0 Å². The topological polar surface area (TPSA) is 97.9 Å². The van der Waals surface area contributed by atoms with Crippen LogP contribution in [0.1, 0.15) is 20.3 Å². The molecule has 0 radical (unpaired) electrons. The predicted molar refractivity (Wildman–Crippen MR) is 93.0 cm³/mol. The fourth-order valence-corrected chi connectivity index (χ4v) is 3.55. The minimum absolute atomic E-state index is 0.144. The molecule has 0 bridgehead atoms. The maximum Gasteiger partial charge on any atom is 0.344 e. The lowest BCUT2D eigenvalue weighted by molar-refractivity contribution is -0.139. The molecule has 3 heterocycles. The van der Waals surface area contributed by atoms with Gasteiger partial charge in [0.1, 0.15) is 5.54 Å². The Morgan fingerprint density at radius 2 is 2.08 bits per heavy atom. The second-order valence-corrected chi connectivity index (χ2v) is 7.24. The molecule has 0 aromatic carbocycles. The number of carbonyl (C=O) groups is 3. The van der Waals surface area contributed by atoms with E-state index >= 15 is 0 Å². The minimum atomic E-state index is -0.955. The van der Waals surface area contributed by atoms with Crippen molar-refractivity contribution in [3.63, 3.8) is 0 Å². The van der Waals surface area contributed by atoms with Crippen molar-refractivity contribution in [1.82, 2.24) is 25.6 Å². The van der Waals surface area contributed by atoms with Gasteiger partial charge in [0.25, 0.3) is 11.8 Å². The van der Waals surface area contributed by atoms with Crippen LogP contribution in [-0.2, 0) is 9.59 Å². The number of thiazole rings is 1. The molecule has 2 aliphatic rings.